The molecule has 0 aromatic heterocycles. The van der Waals surface area contributed by atoms with E-state index in [1.54, 1.807) is 0 Å². The molecule has 0 radical (unpaired) electrons. The van der Waals surface area contributed by atoms with Gasteiger partial charge in [0.15, 0.2) is 6.10 Å². The molecule has 0 aromatic carbocycles. The van der Waals surface area contributed by atoms with Crippen molar-refractivity contribution in [2.45, 2.75) is 192 Å². The number of rotatable bonds is 40. The lowest BCUT2D eigenvalue weighted by Crippen LogP contribution is -2.34. The van der Waals surface area contributed by atoms with Gasteiger partial charge in [0.1, 0.15) is 12.6 Å². The summed E-state index contributed by atoms with van der Waals surface area (Å²) in [6.45, 7) is 2.67. The lowest BCUT2D eigenvalue weighted by Gasteiger charge is -2.20. The van der Waals surface area contributed by atoms with Gasteiger partial charge in [0.2, 0.25) is 0 Å². The molecule has 0 saturated carbocycles. The molecular formula is C46H78NO11P. The molecule has 0 aliphatic carbocycles. The molecule has 0 bridgehead atoms. The van der Waals surface area contributed by atoms with Crippen molar-refractivity contribution in [1.29, 1.82) is 0 Å². The van der Waals surface area contributed by atoms with E-state index in [0.29, 0.717) is 31.5 Å². The summed E-state index contributed by atoms with van der Waals surface area (Å²) in [5.41, 5.74) is 5.33. The van der Waals surface area contributed by atoms with Gasteiger partial charge in [-0.15, -0.1) is 0 Å². The Morgan fingerprint density at radius 1 is 0.627 bits per heavy atom. The van der Waals surface area contributed by atoms with Crippen LogP contribution in [0.1, 0.15) is 168 Å². The van der Waals surface area contributed by atoms with E-state index in [4.69, 9.17) is 29.6 Å². The normalized spacial score (nSPS) is 17.7. The van der Waals surface area contributed by atoms with Gasteiger partial charge in [0.25, 0.3) is 0 Å². The molecule has 3 unspecified atom stereocenters. The molecule has 1 rings (SSSR count). The smallest absolute Gasteiger partial charge is 0.472 e. The van der Waals surface area contributed by atoms with Gasteiger partial charge in [-0.3, -0.25) is 23.4 Å². The van der Waals surface area contributed by atoms with E-state index in [1.807, 2.05) is 12.2 Å². The van der Waals surface area contributed by atoms with Crippen molar-refractivity contribution in [2.24, 2.45) is 5.73 Å². The minimum absolute atomic E-state index is 0.136. The Bertz CT molecular complexity index is 1300. The number of hydrogen-bond donors (Lipinski definition) is 3. The number of carboxylic acid groups (broad SMARTS) is 1. The molecule has 0 spiro atoms. The summed E-state index contributed by atoms with van der Waals surface area (Å²) >= 11 is 0. The van der Waals surface area contributed by atoms with Crippen molar-refractivity contribution >= 4 is 25.7 Å². The fourth-order valence-electron chi connectivity index (χ4n) is 6.00. The van der Waals surface area contributed by atoms with Crippen LogP contribution in [0.15, 0.2) is 60.8 Å². The summed E-state index contributed by atoms with van der Waals surface area (Å²) in [5, 5.41) is 8.90. The quantitative estimate of drug-likeness (QED) is 0.0174. The number of esters is 2. The highest BCUT2D eigenvalue weighted by molar-refractivity contribution is 7.47. The molecule has 1 saturated heterocycles. The van der Waals surface area contributed by atoms with Crippen LogP contribution in [0.2, 0.25) is 0 Å². The monoisotopic (exact) mass is 852 g/mol. The van der Waals surface area contributed by atoms with E-state index < -0.39 is 51.1 Å². The maximum absolute atomic E-state index is 12.6. The van der Waals surface area contributed by atoms with E-state index >= 15 is 0 Å². The van der Waals surface area contributed by atoms with Crippen LogP contribution < -0.4 is 5.73 Å². The number of hydrogen-bond acceptors (Lipinski definition) is 10. The standard InChI is InChI=1S/C46H78NO11P/c1-3-5-7-8-9-10-11-12-13-14-15-16-17-22-25-28-32-36-45(49)57-40(38-55-59(52,53)56-39-41(47)46(50)51)37-54-44(48)35-31-27-24-21-19-18-20-23-26-30-34-43-42(58-43)33-29-6-4-2/h9-10,12-13,18,20-21,24,26,30,40-43H,3-8,11,14-17,19,22-23,25,27-29,31-39,47H2,1-2H3,(H,50,51)(H,52,53)/b10-9-,13-12-,20-18-,24-21-,30-26-/t40-,41+,42?,43?/m1/s1. The highest BCUT2D eigenvalue weighted by Crippen LogP contribution is 2.43. The van der Waals surface area contributed by atoms with Gasteiger partial charge in [0.05, 0.1) is 25.4 Å². The number of carboxylic acids is 1. The lowest BCUT2D eigenvalue weighted by molar-refractivity contribution is -0.161. The van der Waals surface area contributed by atoms with Gasteiger partial charge >= 0.3 is 25.7 Å². The predicted octanol–water partition coefficient (Wildman–Crippen LogP) is 10.9. The molecular weight excluding hydrogens is 773 g/mol. The summed E-state index contributed by atoms with van der Waals surface area (Å²) in [5.74, 6) is -2.47. The third-order valence-corrected chi connectivity index (χ3v) is 10.6. The Hall–Kier alpha value is -2.86. The second-order valence-corrected chi connectivity index (χ2v) is 16.7. The van der Waals surface area contributed by atoms with Crippen LogP contribution in [0.25, 0.3) is 0 Å². The summed E-state index contributed by atoms with van der Waals surface area (Å²) in [6.07, 6.45) is 44.6. The average Bonchev–Trinajstić information content (AvgIpc) is 3.97. The predicted molar refractivity (Wildman–Crippen MR) is 235 cm³/mol. The number of aliphatic carboxylic acids is 1. The molecule has 5 atom stereocenters. The fourth-order valence-corrected chi connectivity index (χ4v) is 6.78. The zero-order valence-electron chi connectivity index (χ0n) is 36.3. The zero-order chi connectivity index (χ0) is 43.2. The maximum atomic E-state index is 12.6. The minimum atomic E-state index is -4.74. The Balaban J connectivity index is 2.31. The van der Waals surface area contributed by atoms with Gasteiger partial charge in [-0.05, 0) is 77.0 Å². The summed E-state index contributed by atoms with van der Waals surface area (Å²) in [7, 11) is -4.74. The van der Waals surface area contributed by atoms with Crippen LogP contribution in [-0.4, -0.2) is 72.1 Å². The third kappa shape index (κ3) is 34.5. The van der Waals surface area contributed by atoms with Crippen molar-refractivity contribution in [3.8, 4) is 0 Å². The van der Waals surface area contributed by atoms with E-state index in [9.17, 15) is 23.8 Å². The molecule has 4 N–H and O–H groups in total. The molecule has 1 fully saturated rings. The lowest BCUT2D eigenvalue weighted by atomic mass is 10.1. The first-order valence-corrected chi connectivity index (χ1v) is 23.9. The number of nitrogens with two attached hydrogens (primary N) is 1. The van der Waals surface area contributed by atoms with Crippen LogP contribution >= 0.6 is 7.82 Å². The molecule has 338 valence electrons. The largest absolute Gasteiger partial charge is 0.480 e. The molecule has 59 heavy (non-hydrogen) atoms. The number of phosphoric ester groups is 1. The van der Waals surface area contributed by atoms with Crippen molar-refractivity contribution in [3.05, 3.63) is 60.8 Å². The Labute approximate surface area is 355 Å². The van der Waals surface area contributed by atoms with Crippen molar-refractivity contribution in [2.75, 3.05) is 19.8 Å². The van der Waals surface area contributed by atoms with Crippen LogP contribution in [0.5, 0.6) is 0 Å². The van der Waals surface area contributed by atoms with Crippen molar-refractivity contribution in [3.63, 3.8) is 0 Å². The van der Waals surface area contributed by atoms with Gasteiger partial charge in [-0.1, -0.05) is 139 Å². The first-order chi connectivity index (χ1) is 28.6. The molecule has 1 heterocycles. The number of phosphoric acid groups is 1. The molecule has 0 amide bonds. The molecule has 13 heteroatoms. The number of unbranched alkanes of at least 4 members (excludes halogenated alkanes) is 13. The number of epoxide rings is 1. The van der Waals surface area contributed by atoms with Crippen LogP contribution in [0.4, 0.5) is 0 Å². The molecule has 12 nitrogen and oxygen atoms in total. The van der Waals surface area contributed by atoms with Gasteiger partial charge in [0, 0.05) is 12.8 Å². The molecule has 1 aliphatic rings. The number of ether oxygens (including phenoxy) is 3. The van der Waals surface area contributed by atoms with Gasteiger partial charge in [-0.25, -0.2) is 4.57 Å². The topological polar surface area (TPSA) is 184 Å². The van der Waals surface area contributed by atoms with Crippen molar-refractivity contribution < 1.29 is 52.2 Å². The minimum Gasteiger partial charge on any atom is -0.480 e. The fraction of sp³-hybridized carbons (Fsp3) is 0.717. The van der Waals surface area contributed by atoms with Crippen LogP contribution in [-0.2, 0) is 42.2 Å². The Morgan fingerprint density at radius 3 is 1.76 bits per heavy atom. The molecule has 1 aliphatic heterocycles. The maximum Gasteiger partial charge on any atom is 0.472 e. The van der Waals surface area contributed by atoms with Crippen LogP contribution in [0, 0.1) is 0 Å². The SMILES string of the molecule is CCCCC/C=C\C/C=C\CCCCCCCCCC(=O)O[C@H](COC(=O)CCC/C=C\C/C=C\C/C=C\CC1OC1CCCCC)COP(=O)(O)OC[C@H](N)C(=O)O. The third-order valence-electron chi connectivity index (χ3n) is 9.66. The number of carbonyl (C=O) groups excluding carboxylic acids is 2. The highest BCUT2D eigenvalue weighted by Gasteiger charge is 2.36. The first-order valence-electron chi connectivity index (χ1n) is 22.4. The van der Waals surface area contributed by atoms with E-state index in [0.717, 1.165) is 57.8 Å². The van der Waals surface area contributed by atoms with Gasteiger partial charge < -0.3 is 29.9 Å². The average molecular weight is 852 g/mol. The second-order valence-electron chi connectivity index (χ2n) is 15.2. The number of allylic oxidation sites excluding steroid dienone is 9. The zero-order valence-corrected chi connectivity index (χ0v) is 37.2. The van der Waals surface area contributed by atoms with E-state index in [-0.39, 0.29) is 19.4 Å². The van der Waals surface area contributed by atoms with E-state index in [1.165, 1.54) is 64.2 Å². The van der Waals surface area contributed by atoms with E-state index in [2.05, 4.69) is 67.0 Å². The number of carbonyl (C=O) groups is 3. The summed E-state index contributed by atoms with van der Waals surface area (Å²) < 4.78 is 38.4. The van der Waals surface area contributed by atoms with Crippen molar-refractivity contribution in [1.82, 2.24) is 0 Å². The summed E-state index contributed by atoms with van der Waals surface area (Å²) in [4.78, 5) is 46.0. The molecule has 0 aromatic rings. The van der Waals surface area contributed by atoms with Crippen LogP contribution in [0.3, 0.4) is 0 Å². The first kappa shape index (κ1) is 54.2. The Kier molecular flexibility index (Phi) is 33.9. The second kappa shape index (κ2) is 36.9. The Morgan fingerprint density at radius 2 is 1.14 bits per heavy atom. The highest BCUT2D eigenvalue weighted by atomic mass is 31.2. The van der Waals surface area contributed by atoms with Gasteiger partial charge in [-0.2, -0.15) is 0 Å². The summed E-state index contributed by atoms with van der Waals surface area (Å²) in [6, 6.07) is -1.53.